The molecule has 1 aliphatic rings. The number of anilines is 3. The highest BCUT2D eigenvalue weighted by Gasteiger charge is 2.37. The van der Waals surface area contributed by atoms with E-state index in [-0.39, 0.29) is 5.41 Å². The minimum Gasteiger partial charge on any atom is -0.310 e. The summed E-state index contributed by atoms with van der Waals surface area (Å²) in [4.78, 5) is 2.44. The molecule has 1 heteroatoms. The molecule has 56 heavy (non-hydrogen) atoms. The van der Waals surface area contributed by atoms with Gasteiger partial charge in [-0.25, -0.2) is 0 Å². The van der Waals surface area contributed by atoms with Gasteiger partial charge in [0.2, 0.25) is 0 Å². The van der Waals surface area contributed by atoms with E-state index in [2.05, 4.69) is 231 Å². The molecule has 9 aromatic carbocycles. The number of benzene rings is 9. The van der Waals surface area contributed by atoms with Crippen molar-refractivity contribution < 1.29 is 0 Å². The molecule has 0 saturated carbocycles. The van der Waals surface area contributed by atoms with Gasteiger partial charge in [-0.1, -0.05) is 178 Å². The van der Waals surface area contributed by atoms with Crippen molar-refractivity contribution in [2.75, 3.05) is 4.90 Å². The molecule has 0 heterocycles. The quantitative estimate of drug-likeness (QED) is 0.159. The summed E-state index contributed by atoms with van der Waals surface area (Å²) in [6.07, 6.45) is 0. The molecule has 266 valence electrons. The highest BCUT2D eigenvalue weighted by atomic mass is 15.1. The third-order valence-electron chi connectivity index (χ3n) is 11.6. The number of hydrogen-bond acceptors (Lipinski definition) is 1. The second-order valence-electron chi connectivity index (χ2n) is 15.4. The summed E-state index contributed by atoms with van der Waals surface area (Å²) in [6.45, 7) is 4.75. The Kier molecular flexibility index (Phi) is 8.23. The summed E-state index contributed by atoms with van der Waals surface area (Å²) in [5.74, 6) is 0. The Balaban J connectivity index is 1.17. The molecule has 10 rings (SSSR count). The van der Waals surface area contributed by atoms with Crippen molar-refractivity contribution in [1.29, 1.82) is 0 Å². The van der Waals surface area contributed by atoms with Crippen LogP contribution in [0.15, 0.2) is 212 Å². The first-order valence-corrected chi connectivity index (χ1v) is 19.5. The van der Waals surface area contributed by atoms with Gasteiger partial charge in [0.05, 0.1) is 0 Å². The van der Waals surface area contributed by atoms with E-state index >= 15 is 0 Å². The van der Waals surface area contributed by atoms with Crippen molar-refractivity contribution in [3.63, 3.8) is 0 Å². The van der Waals surface area contributed by atoms with Crippen LogP contribution >= 0.6 is 0 Å². The molecular formula is C55H41N. The summed E-state index contributed by atoms with van der Waals surface area (Å²) in [5.41, 5.74) is 18.3. The molecule has 0 spiro atoms. The fourth-order valence-electron chi connectivity index (χ4n) is 8.82. The molecule has 1 aliphatic carbocycles. The van der Waals surface area contributed by atoms with E-state index in [0.717, 1.165) is 17.1 Å². The molecule has 0 unspecified atom stereocenters. The molecule has 1 nitrogen and oxygen atoms in total. The number of rotatable bonds is 7. The van der Waals surface area contributed by atoms with Gasteiger partial charge in [-0.2, -0.15) is 0 Å². The first-order chi connectivity index (χ1) is 27.5. The van der Waals surface area contributed by atoms with Crippen LogP contribution in [0.3, 0.4) is 0 Å². The molecule has 0 atom stereocenters. The Morgan fingerprint density at radius 2 is 0.786 bits per heavy atom. The van der Waals surface area contributed by atoms with Gasteiger partial charge in [0.1, 0.15) is 0 Å². The predicted octanol–water partition coefficient (Wildman–Crippen LogP) is 15.3. The van der Waals surface area contributed by atoms with Crippen molar-refractivity contribution in [3.8, 4) is 55.6 Å². The van der Waals surface area contributed by atoms with Crippen molar-refractivity contribution in [1.82, 2.24) is 0 Å². The normalized spacial score (nSPS) is 12.6. The number of hydrogen-bond donors (Lipinski definition) is 0. The van der Waals surface area contributed by atoms with Crippen LogP contribution in [0.4, 0.5) is 17.1 Å². The molecular weight excluding hydrogens is 675 g/mol. The van der Waals surface area contributed by atoms with Gasteiger partial charge >= 0.3 is 0 Å². The zero-order valence-electron chi connectivity index (χ0n) is 31.7. The highest BCUT2D eigenvalue weighted by molar-refractivity contribution is 5.98. The fraction of sp³-hybridized carbons (Fsp3) is 0.0545. The van der Waals surface area contributed by atoms with Crippen molar-refractivity contribution in [3.05, 3.63) is 223 Å². The number of nitrogens with zero attached hydrogens (tertiary/aromatic N) is 1. The minimum absolute atomic E-state index is 0.180. The second-order valence-corrected chi connectivity index (χ2v) is 15.4. The van der Waals surface area contributed by atoms with Gasteiger partial charge in [-0.15, -0.1) is 0 Å². The zero-order chi connectivity index (χ0) is 37.6. The Bertz CT molecular complexity index is 2870. The van der Waals surface area contributed by atoms with Crippen LogP contribution in [0.2, 0.25) is 0 Å². The standard InChI is InChI=1S/C55H41N/c1-55(2)52-30-16-29-48(39-19-8-4-9-20-39)54(52)49-32-31-47(37-53(49)55)56(45-27-14-25-41(33-45)38-17-6-3-7-18-38)46-28-15-26-44(34-46)51-36-43-24-13-12-23-42(43)35-50(51)40-21-10-5-11-22-40/h3-37H,1-2H3. The van der Waals surface area contributed by atoms with Gasteiger partial charge in [-0.3, -0.25) is 0 Å². The maximum atomic E-state index is 2.44. The highest BCUT2D eigenvalue weighted by Crippen LogP contribution is 2.54. The second kappa shape index (κ2) is 13.7. The third-order valence-corrected chi connectivity index (χ3v) is 11.6. The average Bonchev–Trinajstić information content (AvgIpc) is 3.50. The molecule has 9 aromatic rings. The molecule has 0 fully saturated rings. The maximum absolute atomic E-state index is 2.44. The SMILES string of the molecule is CC1(C)c2cc(N(c3cccc(-c4ccccc4)c3)c3cccc(-c4cc5ccccc5cc4-c4ccccc4)c3)ccc2-c2c(-c3ccccc3)cccc21. The van der Waals surface area contributed by atoms with Gasteiger partial charge in [0.25, 0.3) is 0 Å². The molecule has 0 aliphatic heterocycles. The van der Waals surface area contributed by atoms with Crippen LogP contribution in [0, 0.1) is 0 Å². The van der Waals surface area contributed by atoms with E-state index in [1.54, 1.807) is 0 Å². The Hall–Kier alpha value is -6.96. The van der Waals surface area contributed by atoms with Crippen LogP contribution in [0.1, 0.15) is 25.0 Å². The molecule has 0 bridgehead atoms. The predicted molar refractivity (Wildman–Crippen MR) is 238 cm³/mol. The van der Waals surface area contributed by atoms with Crippen molar-refractivity contribution >= 4 is 27.8 Å². The molecule has 0 radical (unpaired) electrons. The zero-order valence-corrected chi connectivity index (χ0v) is 31.7. The van der Waals surface area contributed by atoms with Crippen molar-refractivity contribution in [2.24, 2.45) is 0 Å². The van der Waals surface area contributed by atoms with Gasteiger partial charge in [-0.05, 0) is 126 Å². The largest absolute Gasteiger partial charge is 0.310 e. The summed E-state index contributed by atoms with van der Waals surface area (Å²) in [6, 6.07) is 77.6. The Morgan fingerprint density at radius 3 is 1.43 bits per heavy atom. The summed E-state index contributed by atoms with van der Waals surface area (Å²) in [7, 11) is 0. The molecule has 0 N–H and O–H groups in total. The topological polar surface area (TPSA) is 3.24 Å². The van der Waals surface area contributed by atoms with Gasteiger partial charge in [0, 0.05) is 22.5 Å². The Morgan fingerprint density at radius 1 is 0.304 bits per heavy atom. The first kappa shape index (κ1) is 33.6. The first-order valence-electron chi connectivity index (χ1n) is 19.5. The van der Waals surface area contributed by atoms with Crippen LogP contribution in [-0.2, 0) is 5.41 Å². The lowest BCUT2D eigenvalue weighted by atomic mass is 9.81. The van der Waals surface area contributed by atoms with E-state index in [1.807, 2.05) is 0 Å². The van der Waals surface area contributed by atoms with Gasteiger partial charge < -0.3 is 4.90 Å². The lowest BCUT2D eigenvalue weighted by molar-refractivity contribution is 0.660. The van der Waals surface area contributed by atoms with E-state index in [1.165, 1.54) is 77.5 Å². The lowest BCUT2D eigenvalue weighted by Gasteiger charge is -2.29. The molecule has 0 saturated heterocycles. The van der Waals surface area contributed by atoms with Gasteiger partial charge in [0.15, 0.2) is 0 Å². The average molecular weight is 716 g/mol. The van der Waals surface area contributed by atoms with Crippen LogP contribution in [0.25, 0.3) is 66.4 Å². The molecule has 0 amide bonds. The maximum Gasteiger partial charge on any atom is 0.0467 e. The van der Waals surface area contributed by atoms with Crippen LogP contribution in [0.5, 0.6) is 0 Å². The third kappa shape index (κ3) is 5.81. The number of fused-ring (bicyclic) bond motifs is 4. The van der Waals surface area contributed by atoms with Crippen LogP contribution < -0.4 is 4.90 Å². The van der Waals surface area contributed by atoms with E-state index in [4.69, 9.17) is 0 Å². The fourth-order valence-corrected chi connectivity index (χ4v) is 8.82. The Labute approximate surface area is 329 Å². The summed E-state index contributed by atoms with van der Waals surface area (Å²) in [5, 5.41) is 2.47. The smallest absolute Gasteiger partial charge is 0.0467 e. The van der Waals surface area contributed by atoms with Crippen molar-refractivity contribution in [2.45, 2.75) is 19.3 Å². The van der Waals surface area contributed by atoms with E-state index < -0.39 is 0 Å². The summed E-state index contributed by atoms with van der Waals surface area (Å²) < 4.78 is 0. The van der Waals surface area contributed by atoms with Crippen LogP contribution in [-0.4, -0.2) is 0 Å². The monoisotopic (exact) mass is 715 g/mol. The summed E-state index contributed by atoms with van der Waals surface area (Å²) >= 11 is 0. The lowest BCUT2D eigenvalue weighted by Crippen LogP contribution is -2.16. The minimum atomic E-state index is -0.180. The van der Waals surface area contributed by atoms with E-state index in [9.17, 15) is 0 Å². The molecule has 0 aromatic heterocycles. The van der Waals surface area contributed by atoms with E-state index in [0.29, 0.717) is 0 Å².